The quantitative estimate of drug-likeness (QED) is 0.496. The van der Waals surface area contributed by atoms with Crippen LogP contribution in [0.15, 0.2) is 60.7 Å². The molecule has 146 valence electrons. The molecule has 6 nitrogen and oxygen atoms in total. The highest BCUT2D eigenvalue weighted by Gasteiger charge is 2.22. The van der Waals surface area contributed by atoms with Crippen molar-refractivity contribution in [2.45, 2.75) is 13.5 Å². The summed E-state index contributed by atoms with van der Waals surface area (Å²) >= 11 is 6.82. The summed E-state index contributed by atoms with van der Waals surface area (Å²) in [6, 6.07) is 19.4. The van der Waals surface area contributed by atoms with Crippen molar-refractivity contribution in [2.75, 3.05) is 13.6 Å². The van der Waals surface area contributed by atoms with Crippen LogP contribution in [0.3, 0.4) is 0 Å². The molecule has 0 saturated heterocycles. The monoisotopic (exact) mass is 405 g/mol. The summed E-state index contributed by atoms with van der Waals surface area (Å²) in [5.41, 5.74) is 3.55. The molecule has 0 unspecified atom stereocenters. The molecule has 2 aromatic heterocycles. The molecule has 1 amide bonds. The third-order valence-corrected chi connectivity index (χ3v) is 5.25. The molecule has 0 N–H and O–H groups in total. The maximum Gasteiger partial charge on any atom is 0.244 e. The predicted molar refractivity (Wildman–Crippen MR) is 115 cm³/mol. The van der Waals surface area contributed by atoms with Gasteiger partial charge in [-0.15, -0.1) is 10.2 Å². The van der Waals surface area contributed by atoms with Gasteiger partial charge in [-0.05, 0) is 6.92 Å². The van der Waals surface area contributed by atoms with Crippen LogP contribution in [0.5, 0.6) is 0 Å². The summed E-state index contributed by atoms with van der Waals surface area (Å²) < 4.78 is 1.58. The van der Waals surface area contributed by atoms with Crippen molar-refractivity contribution in [1.82, 2.24) is 24.9 Å². The highest BCUT2D eigenvalue weighted by Crippen LogP contribution is 2.37. The van der Waals surface area contributed by atoms with Crippen molar-refractivity contribution in [1.29, 1.82) is 0 Å². The molecule has 0 bridgehead atoms. The zero-order chi connectivity index (χ0) is 20.4. The van der Waals surface area contributed by atoms with Crippen molar-refractivity contribution in [3.8, 4) is 22.5 Å². The second kappa shape index (κ2) is 8.01. The Bertz CT molecular complexity index is 1160. The predicted octanol–water partition coefficient (Wildman–Crippen LogP) is 4.29. The molecule has 4 rings (SSSR count). The number of hydrogen-bond donors (Lipinski definition) is 0. The molecule has 0 aliphatic heterocycles. The topological polar surface area (TPSA) is 63.9 Å². The molecule has 0 atom stereocenters. The lowest BCUT2D eigenvalue weighted by atomic mass is 10.1. The van der Waals surface area contributed by atoms with Gasteiger partial charge in [-0.1, -0.05) is 72.3 Å². The molecule has 2 heterocycles. The summed E-state index contributed by atoms with van der Waals surface area (Å²) in [4.78, 5) is 14.1. The first-order valence-corrected chi connectivity index (χ1v) is 9.75. The average Bonchev–Trinajstić information content (AvgIpc) is 3.13. The summed E-state index contributed by atoms with van der Waals surface area (Å²) in [6.45, 7) is 2.62. The van der Waals surface area contributed by atoms with Crippen LogP contribution in [-0.2, 0) is 11.3 Å². The summed E-state index contributed by atoms with van der Waals surface area (Å²) in [5, 5.41) is 14.6. The van der Waals surface area contributed by atoms with E-state index in [0.717, 1.165) is 11.1 Å². The number of amides is 1. The lowest BCUT2D eigenvalue weighted by molar-refractivity contribution is -0.130. The van der Waals surface area contributed by atoms with Gasteiger partial charge in [0.05, 0.1) is 10.4 Å². The van der Waals surface area contributed by atoms with Crippen LogP contribution in [0.1, 0.15) is 6.92 Å². The standard InChI is InChI=1S/C22H20ClN5O/c1-3-27(2)17(29)14-28-22-18(20(26-28)15-10-6-4-7-11-15)19(23)21(24-25-22)16-12-8-5-9-13-16/h4-13H,3,14H2,1-2H3. The largest absolute Gasteiger partial charge is 0.344 e. The molecule has 0 spiro atoms. The molecule has 0 aliphatic carbocycles. The molecule has 7 heteroatoms. The smallest absolute Gasteiger partial charge is 0.244 e. The number of aromatic nitrogens is 4. The molecule has 2 aromatic carbocycles. The zero-order valence-electron chi connectivity index (χ0n) is 16.2. The van der Waals surface area contributed by atoms with Crippen LogP contribution < -0.4 is 0 Å². The molecule has 0 radical (unpaired) electrons. The van der Waals surface area contributed by atoms with Gasteiger partial charge in [-0.2, -0.15) is 5.10 Å². The Balaban J connectivity index is 1.93. The van der Waals surface area contributed by atoms with E-state index in [1.165, 1.54) is 0 Å². The van der Waals surface area contributed by atoms with E-state index in [0.29, 0.717) is 34.0 Å². The van der Waals surface area contributed by atoms with Gasteiger partial charge in [0.15, 0.2) is 5.65 Å². The maximum atomic E-state index is 12.5. The minimum absolute atomic E-state index is 0.0541. The van der Waals surface area contributed by atoms with Gasteiger partial charge in [0.2, 0.25) is 5.91 Å². The number of halogens is 1. The third-order valence-electron chi connectivity index (χ3n) is 4.88. The molecular weight excluding hydrogens is 386 g/mol. The number of likely N-dealkylation sites (N-methyl/N-ethyl adjacent to an activating group) is 1. The van der Waals surface area contributed by atoms with Gasteiger partial charge in [0.1, 0.15) is 17.9 Å². The van der Waals surface area contributed by atoms with Gasteiger partial charge in [-0.25, -0.2) is 4.68 Å². The Morgan fingerprint density at radius 1 is 0.966 bits per heavy atom. The maximum absolute atomic E-state index is 12.5. The Morgan fingerprint density at radius 3 is 2.14 bits per heavy atom. The lowest BCUT2D eigenvalue weighted by Gasteiger charge is -2.14. The van der Waals surface area contributed by atoms with E-state index < -0.39 is 0 Å². The molecule has 0 fully saturated rings. The molecule has 0 saturated carbocycles. The van der Waals surface area contributed by atoms with Crippen LogP contribution >= 0.6 is 11.6 Å². The van der Waals surface area contributed by atoms with E-state index in [1.807, 2.05) is 67.6 Å². The van der Waals surface area contributed by atoms with Gasteiger partial charge >= 0.3 is 0 Å². The van der Waals surface area contributed by atoms with Crippen molar-refractivity contribution < 1.29 is 4.79 Å². The van der Waals surface area contributed by atoms with Gasteiger partial charge < -0.3 is 4.90 Å². The van der Waals surface area contributed by atoms with Crippen LogP contribution in [0.25, 0.3) is 33.5 Å². The van der Waals surface area contributed by atoms with Crippen molar-refractivity contribution in [3.63, 3.8) is 0 Å². The van der Waals surface area contributed by atoms with Crippen LogP contribution in [0.2, 0.25) is 5.02 Å². The van der Waals surface area contributed by atoms with Crippen molar-refractivity contribution in [3.05, 3.63) is 65.7 Å². The number of rotatable bonds is 5. The van der Waals surface area contributed by atoms with Crippen molar-refractivity contribution in [2.24, 2.45) is 0 Å². The first kappa shape index (κ1) is 19.1. The number of nitrogens with zero attached hydrogens (tertiary/aromatic N) is 5. The molecule has 4 aromatic rings. The second-order valence-electron chi connectivity index (χ2n) is 6.71. The average molecular weight is 406 g/mol. The number of carbonyl (C=O) groups excluding carboxylic acids is 1. The lowest BCUT2D eigenvalue weighted by Crippen LogP contribution is -2.30. The highest BCUT2D eigenvalue weighted by molar-refractivity contribution is 6.38. The van der Waals surface area contributed by atoms with E-state index in [2.05, 4.69) is 10.2 Å². The number of hydrogen-bond acceptors (Lipinski definition) is 4. The molecule has 29 heavy (non-hydrogen) atoms. The van der Waals surface area contributed by atoms with E-state index >= 15 is 0 Å². The van der Waals surface area contributed by atoms with E-state index in [4.69, 9.17) is 16.7 Å². The van der Waals surface area contributed by atoms with Crippen molar-refractivity contribution >= 4 is 28.5 Å². The summed E-state index contributed by atoms with van der Waals surface area (Å²) in [5.74, 6) is -0.0541. The Hall–Kier alpha value is -3.25. The Morgan fingerprint density at radius 2 is 1.55 bits per heavy atom. The van der Waals surface area contributed by atoms with E-state index in [1.54, 1.807) is 16.6 Å². The number of fused-ring (bicyclic) bond motifs is 1. The van der Waals surface area contributed by atoms with Gasteiger partial charge in [0, 0.05) is 24.7 Å². The van der Waals surface area contributed by atoms with Crippen LogP contribution in [0, 0.1) is 0 Å². The zero-order valence-corrected chi connectivity index (χ0v) is 17.0. The van der Waals surface area contributed by atoms with E-state index in [9.17, 15) is 4.79 Å². The molecular formula is C22H20ClN5O. The normalized spacial score (nSPS) is 11.0. The number of benzene rings is 2. The van der Waals surface area contributed by atoms with E-state index in [-0.39, 0.29) is 12.5 Å². The number of carbonyl (C=O) groups is 1. The second-order valence-corrected chi connectivity index (χ2v) is 7.09. The summed E-state index contributed by atoms with van der Waals surface area (Å²) in [7, 11) is 1.76. The van der Waals surface area contributed by atoms with Crippen LogP contribution in [0.4, 0.5) is 0 Å². The SMILES string of the molecule is CCN(C)C(=O)Cn1nc(-c2ccccc2)c2c(Cl)c(-c3ccccc3)nnc21. The first-order valence-electron chi connectivity index (χ1n) is 9.37. The minimum Gasteiger partial charge on any atom is -0.344 e. The Labute approximate surface area is 173 Å². The fourth-order valence-corrected chi connectivity index (χ4v) is 3.45. The van der Waals surface area contributed by atoms with Gasteiger partial charge in [0.25, 0.3) is 0 Å². The van der Waals surface area contributed by atoms with Gasteiger partial charge in [-0.3, -0.25) is 4.79 Å². The Kier molecular flexibility index (Phi) is 5.27. The third kappa shape index (κ3) is 3.59. The summed E-state index contributed by atoms with van der Waals surface area (Å²) in [6.07, 6.45) is 0. The highest BCUT2D eigenvalue weighted by atomic mass is 35.5. The fourth-order valence-electron chi connectivity index (χ4n) is 3.13. The first-order chi connectivity index (χ1) is 14.1. The molecule has 0 aliphatic rings. The van der Waals surface area contributed by atoms with Crippen LogP contribution in [-0.4, -0.2) is 44.4 Å². The minimum atomic E-state index is -0.0541. The fraction of sp³-hybridized carbons (Fsp3) is 0.182.